The highest BCUT2D eigenvalue weighted by Crippen LogP contribution is 2.39. The maximum Gasteiger partial charge on any atom is 0.387 e. The number of hydrogen-bond acceptors (Lipinski definition) is 6. The molecule has 1 aromatic carbocycles. The zero-order valence-corrected chi connectivity index (χ0v) is 19.4. The quantitative estimate of drug-likeness (QED) is 0.637. The number of likely N-dealkylation sites (tertiary alicyclic amines) is 1. The van der Waals surface area contributed by atoms with Gasteiger partial charge in [-0.2, -0.15) is 14.0 Å². The highest BCUT2D eigenvalue weighted by Gasteiger charge is 2.37. The van der Waals surface area contributed by atoms with E-state index in [1.165, 1.54) is 29.5 Å². The van der Waals surface area contributed by atoms with Crippen LogP contribution in [-0.2, 0) is 11.3 Å². The van der Waals surface area contributed by atoms with Crippen LogP contribution in [0.3, 0.4) is 0 Å². The Morgan fingerprint density at radius 2 is 2.12 bits per heavy atom. The first-order valence-electron chi connectivity index (χ1n) is 10.4. The van der Waals surface area contributed by atoms with Crippen molar-refractivity contribution in [3.05, 3.63) is 34.3 Å². The summed E-state index contributed by atoms with van der Waals surface area (Å²) in [4.78, 5) is 19.4. The Hall–Kier alpha value is -2.57. The third kappa shape index (κ3) is 5.61. The lowest BCUT2D eigenvalue weighted by atomic mass is 9.73. The second-order valence-corrected chi connectivity index (χ2v) is 10.3. The Kier molecular flexibility index (Phi) is 7.16. The Labute approximate surface area is 190 Å². The number of aliphatic carboxylic acids is 1. The van der Waals surface area contributed by atoms with Gasteiger partial charge in [-0.15, -0.1) is 11.3 Å². The maximum absolute atomic E-state index is 12.9. The summed E-state index contributed by atoms with van der Waals surface area (Å²) < 4.78 is 30.4. The van der Waals surface area contributed by atoms with Crippen LogP contribution in [0, 0.1) is 35.5 Å². The molecule has 2 aromatic rings. The van der Waals surface area contributed by atoms with Crippen molar-refractivity contribution in [2.45, 2.75) is 47.3 Å². The number of alkyl halides is 2. The van der Waals surface area contributed by atoms with Gasteiger partial charge in [0.2, 0.25) is 0 Å². The Bertz CT molecular complexity index is 1030. The molecule has 6 nitrogen and oxygen atoms in total. The third-order valence-corrected chi connectivity index (χ3v) is 7.09. The fourth-order valence-corrected chi connectivity index (χ4v) is 5.11. The van der Waals surface area contributed by atoms with Gasteiger partial charge in [0.25, 0.3) is 0 Å². The highest BCUT2D eigenvalue weighted by molar-refractivity contribution is 7.15. The molecule has 1 N–H and O–H groups in total. The molecular formula is C23H27F2N3O3S. The molecule has 32 heavy (non-hydrogen) atoms. The van der Waals surface area contributed by atoms with E-state index in [1.54, 1.807) is 0 Å². The largest absolute Gasteiger partial charge is 0.481 e. The fraction of sp³-hybridized carbons (Fsp3) is 0.522. The minimum atomic E-state index is -2.99. The number of hydrogen-bond donors (Lipinski definition) is 1. The first kappa shape index (κ1) is 24.1. The van der Waals surface area contributed by atoms with Crippen molar-refractivity contribution in [2.24, 2.45) is 17.3 Å². The predicted molar refractivity (Wildman–Crippen MR) is 118 cm³/mol. The maximum atomic E-state index is 12.9. The molecule has 172 valence electrons. The highest BCUT2D eigenvalue weighted by atomic mass is 32.1. The zero-order chi connectivity index (χ0) is 23.6. The second kappa shape index (κ2) is 9.51. The molecule has 2 atom stereocenters. The van der Waals surface area contributed by atoms with Crippen molar-refractivity contribution in [1.82, 2.24) is 9.88 Å². The van der Waals surface area contributed by atoms with Crippen LogP contribution in [0.2, 0.25) is 0 Å². The lowest BCUT2D eigenvalue weighted by molar-refractivity contribution is -0.145. The van der Waals surface area contributed by atoms with Gasteiger partial charge in [-0.3, -0.25) is 9.69 Å². The van der Waals surface area contributed by atoms with E-state index in [9.17, 15) is 23.9 Å². The number of ether oxygens (including phenoxy) is 1. The van der Waals surface area contributed by atoms with Crippen LogP contribution >= 0.6 is 11.3 Å². The van der Waals surface area contributed by atoms with E-state index in [1.807, 2.05) is 13.0 Å². The molecule has 0 spiro atoms. The SMILES string of the molecule is Cc1nc(-c2cc(C#N)ccc2OC(F)F)sc1CN1C[C@H](C(=O)O)C[C@@H](C(C)(C)C)C1. The number of nitriles is 1. The van der Waals surface area contributed by atoms with E-state index in [-0.39, 0.29) is 17.1 Å². The van der Waals surface area contributed by atoms with Gasteiger partial charge in [0.05, 0.1) is 28.8 Å². The number of nitrogens with zero attached hydrogens (tertiary/aromatic N) is 3. The topological polar surface area (TPSA) is 86.5 Å². The lowest BCUT2D eigenvalue weighted by Crippen LogP contribution is -2.46. The summed E-state index contributed by atoms with van der Waals surface area (Å²) in [5.74, 6) is -1.01. The molecule has 1 fully saturated rings. The number of thiazole rings is 1. The van der Waals surface area contributed by atoms with Crippen molar-refractivity contribution < 1.29 is 23.4 Å². The molecule has 0 radical (unpaired) electrons. The molecule has 0 bridgehead atoms. The van der Waals surface area contributed by atoms with Crippen molar-refractivity contribution in [3.8, 4) is 22.4 Å². The predicted octanol–water partition coefficient (Wildman–Crippen LogP) is 5.16. The molecule has 0 saturated carbocycles. The monoisotopic (exact) mass is 463 g/mol. The van der Waals surface area contributed by atoms with Crippen LogP contribution in [0.15, 0.2) is 18.2 Å². The number of aromatic nitrogens is 1. The molecule has 1 saturated heterocycles. The van der Waals surface area contributed by atoms with Gasteiger partial charge in [-0.1, -0.05) is 20.8 Å². The number of rotatable bonds is 6. The van der Waals surface area contributed by atoms with Crippen molar-refractivity contribution in [1.29, 1.82) is 5.26 Å². The number of aryl methyl sites for hydroxylation is 1. The minimum Gasteiger partial charge on any atom is -0.481 e. The zero-order valence-electron chi connectivity index (χ0n) is 18.6. The van der Waals surface area contributed by atoms with E-state index >= 15 is 0 Å². The molecule has 9 heteroatoms. The van der Waals surface area contributed by atoms with Crippen LogP contribution in [-0.4, -0.2) is 40.7 Å². The summed E-state index contributed by atoms with van der Waals surface area (Å²) in [5.41, 5.74) is 1.40. The number of benzene rings is 1. The minimum absolute atomic E-state index is 0.0144. The van der Waals surface area contributed by atoms with Crippen LogP contribution in [0.25, 0.3) is 10.6 Å². The molecule has 0 unspecified atom stereocenters. The molecule has 3 rings (SSSR count). The standard InChI is InChI=1S/C23H27F2N3O3S/c1-13-19(12-28-10-15(21(29)30)8-16(11-28)23(2,3)4)32-20(27-13)17-7-14(9-26)5-6-18(17)31-22(24)25/h5-7,15-16,22H,8,10-12H2,1-4H3,(H,29,30)/t15-,16-/m1/s1. The van der Waals surface area contributed by atoms with Gasteiger partial charge in [0.1, 0.15) is 10.8 Å². The second-order valence-electron chi connectivity index (χ2n) is 9.26. The molecule has 0 amide bonds. The van der Waals surface area contributed by atoms with Crippen LogP contribution in [0.1, 0.15) is 43.3 Å². The summed E-state index contributed by atoms with van der Waals surface area (Å²) in [7, 11) is 0. The van der Waals surface area contributed by atoms with E-state index in [2.05, 4.69) is 35.4 Å². The molecular weight excluding hydrogens is 436 g/mol. The summed E-state index contributed by atoms with van der Waals surface area (Å²) in [5, 5.41) is 19.3. The van der Waals surface area contributed by atoms with Crippen molar-refractivity contribution >= 4 is 17.3 Å². The fourth-order valence-electron chi connectivity index (χ4n) is 3.98. The van der Waals surface area contributed by atoms with Gasteiger partial charge >= 0.3 is 12.6 Å². The van der Waals surface area contributed by atoms with E-state index in [0.717, 1.165) is 17.1 Å². The van der Waals surface area contributed by atoms with Gasteiger partial charge < -0.3 is 9.84 Å². The first-order valence-corrected chi connectivity index (χ1v) is 11.2. The van der Waals surface area contributed by atoms with E-state index < -0.39 is 18.5 Å². The number of halogens is 2. The number of carboxylic acid groups (broad SMARTS) is 1. The van der Waals surface area contributed by atoms with Crippen LogP contribution < -0.4 is 4.74 Å². The summed E-state index contributed by atoms with van der Waals surface area (Å²) in [6, 6.07) is 6.29. The number of carboxylic acids is 1. The first-order chi connectivity index (χ1) is 15.0. The number of carbonyl (C=O) groups is 1. The smallest absolute Gasteiger partial charge is 0.387 e. The number of piperidine rings is 1. The molecule has 1 aliphatic heterocycles. The van der Waals surface area contributed by atoms with Crippen molar-refractivity contribution in [3.63, 3.8) is 0 Å². The molecule has 1 aromatic heterocycles. The van der Waals surface area contributed by atoms with Gasteiger partial charge in [0, 0.05) is 24.5 Å². The summed E-state index contributed by atoms with van der Waals surface area (Å²) in [6.45, 7) is 7.01. The van der Waals surface area contributed by atoms with Crippen LogP contribution in [0.4, 0.5) is 8.78 Å². The van der Waals surface area contributed by atoms with Gasteiger partial charge in [-0.25, -0.2) is 4.98 Å². The average molecular weight is 464 g/mol. The molecule has 0 aliphatic carbocycles. The van der Waals surface area contributed by atoms with Crippen LogP contribution in [0.5, 0.6) is 5.75 Å². The summed E-state index contributed by atoms with van der Waals surface area (Å²) >= 11 is 1.35. The van der Waals surface area contributed by atoms with E-state index in [0.29, 0.717) is 35.6 Å². The molecule has 2 heterocycles. The average Bonchev–Trinajstić information content (AvgIpc) is 3.07. The van der Waals surface area contributed by atoms with Crippen molar-refractivity contribution in [2.75, 3.05) is 13.1 Å². The molecule has 1 aliphatic rings. The summed E-state index contributed by atoms with van der Waals surface area (Å²) in [6.07, 6.45) is 0.650. The lowest BCUT2D eigenvalue weighted by Gasteiger charge is -2.42. The Morgan fingerprint density at radius 3 is 2.72 bits per heavy atom. The van der Waals surface area contributed by atoms with E-state index in [4.69, 9.17) is 0 Å². The Morgan fingerprint density at radius 1 is 1.41 bits per heavy atom. The Balaban J connectivity index is 1.89. The van der Waals surface area contributed by atoms with Gasteiger partial charge in [0.15, 0.2) is 0 Å². The normalized spacial score (nSPS) is 19.7. The van der Waals surface area contributed by atoms with Gasteiger partial charge in [-0.05, 0) is 42.9 Å². The third-order valence-electron chi connectivity index (χ3n) is 5.92.